The minimum absolute atomic E-state index is 0.0708. The Morgan fingerprint density at radius 1 is 1.36 bits per heavy atom. The van der Waals surface area contributed by atoms with Gasteiger partial charge >= 0.3 is 0 Å². The molecule has 1 fully saturated rings. The Labute approximate surface area is 149 Å². The summed E-state index contributed by atoms with van der Waals surface area (Å²) < 4.78 is 13.0. The number of nitrogens with one attached hydrogen (secondary N) is 1. The maximum atomic E-state index is 13.0. The number of carbonyl (C=O) groups excluding carboxylic acids is 2. The summed E-state index contributed by atoms with van der Waals surface area (Å²) in [6.07, 6.45) is 1.17. The second-order valence-electron chi connectivity index (χ2n) is 7.11. The first-order valence-corrected chi connectivity index (χ1v) is 8.87. The van der Waals surface area contributed by atoms with Gasteiger partial charge in [-0.15, -0.1) is 0 Å². The van der Waals surface area contributed by atoms with Crippen molar-refractivity contribution in [3.63, 3.8) is 0 Å². The van der Waals surface area contributed by atoms with Gasteiger partial charge in [0.15, 0.2) is 0 Å². The normalized spacial score (nSPS) is 18.3. The number of hydrogen-bond donors (Lipinski definition) is 1. The maximum absolute atomic E-state index is 13.0. The summed E-state index contributed by atoms with van der Waals surface area (Å²) in [7, 11) is 1.71. The monoisotopic (exact) mass is 349 g/mol. The third kappa shape index (κ3) is 5.81. The van der Waals surface area contributed by atoms with E-state index in [0.717, 1.165) is 25.1 Å². The highest BCUT2D eigenvalue weighted by Crippen LogP contribution is 2.14. The van der Waals surface area contributed by atoms with Crippen molar-refractivity contribution in [3.8, 4) is 0 Å². The molecule has 1 aromatic carbocycles. The van der Waals surface area contributed by atoms with Crippen molar-refractivity contribution in [3.05, 3.63) is 35.6 Å². The van der Waals surface area contributed by atoms with Crippen LogP contribution in [0.4, 0.5) is 4.39 Å². The fraction of sp³-hybridized carbons (Fsp3) is 0.579. The predicted octanol–water partition coefficient (Wildman–Crippen LogP) is 2.02. The number of amides is 2. The van der Waals surface area contributed by atoms with Gasteiger partial charge in [-0.3, -0.25) is 14.5 Å². The zero-order chi connectivity index (χ0) is 18.4. The Balaban J connectivity index is 1.95. The Kier molecular flexibility index (Phi) is 6.93. The predicted molar refractivity (Wildman–Crippen MR) is 95.3 cm³/mol. The average molecular weight is 349 g/mol. The minimum atomic E-state index is -0.407. The lowest BCUT2D eigenvalue weighted by molar-refractivity contribution is -0.138. The maximum Gasteiger partial charge on any atom is 0.237 e. The zero-order valence-electron chi connectivity index (χ0n) is 15.3. The Bertz CT molecular complexity index is 589. The van der Waals surface area contributed by atoms with Gasteiger partial charge in [-0.05, 0) is 36.6 Å². The standard InChI is InChI=1S/C19H28FN3O2/c1-14(2)8-10-23-11-9-21-19(25)17(23)12-18(24)22(3)13-15-4-6-16(20)7-5-15/h4-7,14,17H,8-13H2,1-3H3,(H,21,25). The third-order valence-corrected chi connectivity index (χ3v) is 4.56. The van der Waals surface area contributed by atoms with E-state index in [1.807, 2.05) is 0 Å². The Morgan fingerprint density at radius 2 is 2.04 bits per heavy atom. The molecule has 0 aliphatic carbocycles. The van der Waals surface area contributed by atoms with Gasteiger partial charge in [0.1, 0.15) is 5.82 Å². The van der Waals surface area contributed by atoms with Gasteiger partial charge in [0, 0.05) is 26.7 Å². The van der Waals surface area contributed by atoms with Crippen LogP contribution in [-0.4, -0.2) is 54.3 Å². The number of piperazine rings is 1. The fourth-order valence-electron chi connectivity index (χ4n) is 2.95. The Hall–Kier alpha value is -1.95. The molecule has 1 heterocycles. The SMILES string of the molecule is CC(C)CCN1CCNC(=O)C1CC(=O)N(C)Cc1ccc(F)cc1. The molecule has 0 saturated carbocycles. The summed E-state index contributed by atoms with van der Waals surface area (Å²) in [5.74, 6) is 0.111. The zero-order valence-corrected chi connectivity index (χ0v) is 15.3. The van der Waals surface area contributed by atoms with Crippen molar-refractivity contribution < 1.29 is 14.0 Å². The lowest BCUT2D eigenvalue weighted by Crippen LogP contribution is -2.56. The summed E-state index contributed by atoms with van der Waals surface area (Å²) >= 11 is 0. The first-order valence-electron chi connectivity index (χ1n) is 8.87. The first kappa shape index (κ1) is 19.4. The molecule has 2 amide bonds. The molecule has 1 unspecified atom stereocenters. The molecule has 138 valence electrons. The van der Waals surface area contributed by atoms with Gasteiger partial charge in [0.05, 0.1) is 12.5 Å². The molecular weight excluding hydrogens is 321 g/mol. The number of carbonyl (C=O) groups is 2. The highest BCUT2D eigenvalue weighted by molar-refractivity contribution is 5.88. The van der Waals surface area contributed by atoms with Crippen LogP contribution >= 0.6 is 0 Å². The summed E-state index contributed by atoms with van der Waals surface area (Å²) in [6.45, 7) is 6.94. The van der Waals surface area contributed by atoms with E-state index < -0.39 is 6.04 Å². The molecule has 1 N–H and O–H groups in total. The number of benzene rings is 1. The van der Waals surface area contributed by atoms with E-state index in [-0.39, 0.29) is 24.1 Å². The van der Waals surface area contributed by atoms with Gasteiger partial charge in [0.2, 0.25) is 11.8 Å². The lowest BCUT2D eigenvalue weighted by Gasteiger charge is -2.35. The van der Waals surface area contributed by atoms with Crippen LogP contribution in [-0.2, 0) is 16.1 Å². The average Bonchev–Trinajstić information content (AvgIpc) is 2.57. The first-order chi connectivity index (χ1) is 11.9. The van der Waals surface area contributed by atoms with E-state index >= 15 is 0 Å². The molecule has 0 radical (unpaired) electrons. The molecule has 2 rings (SSSR count). The lowest BCUT2D eigenvalue weighted by atomic mass is 10.0. The van der Waals surface area contributed by atoms with Crippen molar-refractivity contribution in [2.75, 3.05) is 26.7 Å². The van der Waals surface area contributed by atoms with Crippen molar-refractivity contribution in [2.45, 2.75) is 39.3 Å². The minimum Gasteiger partial charge on any atom is -0.353 e. The molecule has 0 aromatic heterocycles. The van der Waals surface area contributed by atoms with E-state index in [0.29, 0.717) is 19.0 Å². The summed E-state index contributed by atoms with van der Waals surface area (Å²) in [6, 6.07) is 5.70. The van der Waals surface area contributed by atoms with Crippen molar-refractivity contribution >= 4 is 11.8 Å². The molecule has 0 spiro atoms. The number of hydrogen-bond acceptors (Lipinski definition) is 3. The number of halogens is 1. The molecule has 1 aliphatic heterocycles. The second kappa shape index (κ2) is 8.94. The van der Waals surface area contributed by atoms with Crippen LogP contribution in [0, 0.1) is 11.7 Å². The molecule has 1 saturated heterocycles. The van der Waals surface area contributed by atoms with Gasteiger partial charge < -0.3 is 10.2 Å². The highest BCUT2D eigenvalue weighted by atomic mass is 19.1. The number of rotatable bonds is 7. The molecule has 1 atom stereocenters. The second-order valence-corrected chi connectivity index (χ2v) is 7.11. The van der Waals surface area contributed by atoms with Gasteiger partial charge in [-0.25, -0.2) is 4.39 Å². The molecule has 6 heteroatoms. The molecule has 25 heavy (non-hydrogen) atoms. The van der Waals surface area contributed by atoms with Crippen molar-refractivity contribution in [1.29, 1.82) is 0 Å². The van der Waals surface area contributed by atoms with Crippen LogP contribution in [0.2, 0.25) is 0 Å². The van der Waals surface area contributed by atoms with Gasteiger partial charge in [-0.1, -0.05) is 26.0 Å². The molecule has 1 aliphatic rings. The van der Waals surface area contributed by atoms with Crippen molar-refractivity contribution in [1.82, 2.24) is 15.1 Å². The van der Waals surface area contributed by atoms with Crippen LogP contribution < -0.4 is 5.32 Å². The van der Waals surface area contributed by atoms with E-state index in [9.17, 15) is 14.0 Å². The molecular formula is C19H28FN3O2. The van der Waals surface area contributed by atoms with Crippen molar-refractivity contribution in [2.24, 2.45) is 5.92 Å². The van der Waals surface area contributed by atoms with Crippen LogP contribution in [0.1, 0.15) is 32.3 Å². The van der Waals surface area contributed by atoms with E-state index in [1.165, 1.54) is 12.1 Å². The van der Waals surface area contributed by atoms with Gasteiger partial charge in [0.25, 0.3) is 0 Å². The summed E-state index contributed by atoms with van der Waals surface area (Å²) in [5.41, 5.74) is 0.863. The van der Waals surface area contributed by atoms with Crippen LogP contribution in [0.15, 0.2) is 24.3 Å². The van der Waals surface area contributed by atoms with E-state index in [4.69, 9.17) is 0 Å². The topological polar surface area (TPSA) is 52.7 Å². The molecule has 0 bridgehead atoms. The van der Waals surface area contributed by atoms with Crippen LogP contribution in [0.3, 0.4) is 0 Å². The smallest absolute Gasteiger partial charge is 0.237 e. The third-order valence-electron chi connectivity index (χ3n) is 4.56. The molecule has 1 aromatic rings. The largest absolute Gasteiger partial charge is 0.353 e. The summed E-state index contributed by atoms with van der Waals surface area (Å²) in [5, 5.41) is 2.86. The van der Waals surface area contributed by atoms with E-state index in [2.05, 4.69) is 24.1 Å². The Morgan fingerprint density at radius 3 is 2.68 bits per heavy atom. The van der Waals surface area contributed by atoms with Gasteiger partial charge in [-0.2, -0.15) is 0 Å². The van der Waals surface area contributed by atoms with E-state index in [1.54, 1.807) is 24.1 Å². The fourth-order valence-corrected chi connectivity index (χ4v) is 2.95. The van der Waals surface area contributed by atoms with Crippen LogP contribution in [0.25, 0.3) is 0 Å². The highest BCUT2D eigenvalue weighted by Gasteiger charge is 2.32. The van der Waals surface area contributed by atoms with Crippen LogP contribution in [0.5, 0.6) is 0 Å². The summed E-state index contributed by atoms with van der Waals surface area (Å²) in [4.78, 5) is 28.5. The quantitative estimate of drug-likeness (QED) is 0.819. The molecule has 5 nitrogen and oxygen atoms in total. The number of nitrogens with zero attached hydrogens (tertiary/aromatic N) is 2.